The highest BCUT2D eigenvalue weighted by Crippen LogP contribution is 2.42. The number of nitrogens with two attached hydrogens (primary N) is 2. The highest BCUT2D eigenvalue weighted by Gasteiger charge is 2.24. The molecule has 0 fully saturated rings. The van der Waals surface area contributed by atoms with E-state index >= 15 is 0 Å². The van der Waals surface area contributed by atoms with Crippen LogP contribution in [0.2, 0.25) is 0 Å². The van der Waals surface area contributed by atoms with Crippen molar-refractivity contribution in [1.82, 2.24) is 10.3 Å². The molecule has 0 radical (unpaired) electrons. The van der Waals surface area contributed by atoms with E-state index in [1.807, 2.05) is 31.2 Å². The number of anilines is 2. The number of aryl methyl sites for hydroxylation is 1. The van der Waals surface area contributed by atoms with Crippen molar-refractivity contribution in [3.63, 3.8) is 0 Å². The van der Waals surface area contributed by atoms with E-state index in [0.29, 0.717) is 20.7 Å². The largest absolute Gasteiger partial charge is 0.397 e. The Morgan fingerprint density at radius 3 is 2.52 bits per heavy atom. The molecular weight excluding hydrogens is 390 g/mol. The molecule has 0 spiro atoms. The summed E-state index contributed by atoms with van der Waals surface area (Å²) >= 11 is 1.13. The van der Waals surface area contributed by atoms with Crippen LogP contribution in [0.25, 0.3) is 21.3 Å². The van der Waals surface area contributed by atoms with E-state index in [1.54, 1.807) is 0 Å². The van der Waals surface area contributed by atoms with Gasteiger partial charge in [0.05, 0.1) is 12.2 Å². The molecule has 3 aromatic rings. The summed E-state index contributed by atoms with van der Waals surface area (Å²) in [6.45, 7) is 2.13. The first-order valence-electron chi connectivity index (χ1n) is 8.73. The van der Waals surface area contributed by atoms with Crippen LogP contribution in [0.5, 0.6) is 0 Å². The average Bonchev–Trinajstić information content (AvgIpc) is 3.04. The summed E-state index contributed by atoms with van der Waals surface area (Å²) in [5, 5.41) is 12.9. The molecule has 0 bridgehead atoms. The lowest BCUT2D eigenvalue weighted by molar-refractivity contribution is -0.0974. The lowest BCUT2D eigenvalue weighted by Gasteiger charge is -2.13. The van der Waals surface area contributed by atoms with Gasteiger partial charge in [-0.05, 0) is 12.5 Å². The Bertz CT molecular complexity index is 1100. The minimum Gasteiger partial charge on any atom is -0.397 e. The summed E-state index contributed by atoms with van der Waals surface area (Å²) < 4.78 is 10.2. The van der Waals surface area contributed by atoms with E-state index in [-0.39, 0.29) is 29.5 Å². The Hall–Kier alpha value is -3.19. The molecule has 3 rings (SSSR count). The van der Waals surface area contributed by atoms with Crippen molar-refractivity contribution in [1.29, 1.82) is 5.26 Å². The number of nitrogens with zero attached hydrogens (tertiary/aromatic N) is 2. The summed E-state index contributed by atoms with van der Waals surface area (Å²) in [6, 6.07) is 9.77. The number of rotatable bonds is 6. The van der Waals surface area contributed by atoms with Crippen molar-refractivity contribution in [2.24, 2.45) is 0 Å². The molecule has 8 nitrogen and oxygen atoms in total. The van der Waals surface area contributed by atoms with Gasteiger partial charge in [-0.3, -0.25) is 4.79 Å². The zero-order chi connectivity index (χ0) is 21.1. The number of thiophene rings is 1. The van der Waals surface area contributed by atoms with Crippen molar-refractivity contribution in [3.05, 3.63) is 40.3 Å². The maximum Gasteiger partial charge on any atom is 0.263 e. The van der Waals surface area contributed by atoms with Crippen LogP contribution in [0.4, 0.5) is 11.5 Å². The predicted molar refractivity (Wildman–Crippen MR) is 113 cm³/mol. The molecule has 150 valence electrons. The minimum atomic E-state index is -0.573. The molecule has 2 heterocycles. The van der Waals surface area contributed by atoms with E-state index in [4.69, 9.17) is 20.9 Å². The molecule has 0 saturated carbocycles. The number of carbonyl (C=O) groups excluding carboxylic acids is 1. The van der Waals surface area contributed by atoms with Crippen LogP contribution < -0.4 is 16.8 Å². The smallest absolute Gasteiger partial charge is 0.263 e. The van der Waals surface area contributed by atoms with Gasteiger partial charge in [0.25, 0.3) is 5.91 Å². The van der Waals surface area contributed by atoms with Gasteiger partial charge in [-0.1, -0.05) is 29.8 Å². The van der Waals surface area contributed by atoms with Crippen LogP contribution in [0, 0.1) is 18.3 Å². The van der Waals surface area contributed by atoms with Gasteiger partial charge in [-0.25, -0.2) is 4.98 Å². The number of nitrogen functional groups attached to an aromatic ring is 2. The average molecular weight is 411 g/mol. The Kier molecular flexibility index (Phi) is 5.98. The number of fused-ring (bicyclic) bond motifs is 1. The fourth-order valence-corrected chi connectivity index (χ4v) is 4.01. The monoisotopic (exact) mass is 411 g/mol. The standard InChI is InChI=1S/C20H21N5O3S/c1-10-4-6-11(7-5-10)14-12(8-21)18(23)25-20-15(14)16(22)17(29-20)19(26)24-9-13(27-2)28-3/h4-7,13H,9,22H2,1-3H3,(H2,23,25)(H,24,26). The minimum absolute atomic E-state index is 0.0996. The number of nitriles is 1. The molecule has 0 saturated heterocycles. The van der Waals surface area contributed by atoms with Crippen molar-refractivity contribution < 1.29 is 14.3 Å². The molecule has 0 aliphatic rings. The maximum absolute atomic E-state index is 12.7. The molecule has 5 N–H and O–H groups in total. The second kappa shape index (κ2) is 8.45. The first kappa shape index (κ1) is 20.5. The molecule has 0 aliphatic heterocycles. The van der Waals surface area contributed by atoms with Gasteiger partial charge in [-0.15, -0.1) is 11.3 Å². The molecule has 0 unspecified atom stereocenters. The number of ether oxygens (including phenoxy) is 2. The van der Waals surface area contributed by atoms with Gasteiger partial charge in [-0.2, -0.15) is 5.26 Å². The van der Waals surface area contributed by atoms with Crippen LogP contribution in [0.3, 0.4) is 0 Å². The van der Waals surface area contributed by atoms with Crippen LogP contribution in [-0.4, -0.2) is 37.9 Å². The van der Waals surface area contributed by atoms with E-state index in [1.165, 1.54) is 14.2 Å². The van der Waals surface area contributed by atoms with Gasteiger partial charge in [0.1, 0.15) is 27.2 Å². The summed E-state index contributed by atoms with van der Waals surface area (Å²) in [6.07, 6.45) is -0.573. The lowest BCUT2D eigenvalue weighted by atomic mass is 9.96. The van der Waals surface area contributed by atoms with E-state index < -0.39 is 6.29 Å². The highest BCUT2D eigenvalue weighted by molar-refractivity contribution is 7.21. The Labute approximate surface area is 172 Å². The Morgan fingerprint density at radius 1 is 1.28 bits per heavy atom. The molecule has 29 heavy (non-hydrogen) atoms. The molecule has 1 amide bonds. The van der Waals surface area contributed by atoms with Crippen molar-refractivity contribution in [3.8, 4) is 17.2 Å². The van der Waals surface area contributed by atoms with Crippen molar-refractivity contribution in [2.75, 3.05) is 32.2 Å². The number of pyridine rings is 1. The highest BCUT2D eigenvalue weighted by atomic mass is 32.1. The number of aromatic nitrogens is 1. The number of nitrogens with one attached hydrogen (secondary N) is 1. The number of amides is 1. The molecule has 1 aromatic carbocycles. The summed E-state index contributed by atoms with van der Waals surface area (Å²) in [5.74, 6) is -0.279. The third kappa shape index (κ3) is 3.86. The van der Waals surface area contributed by atoms with Gasteiger partial charge < -0.3 is 26.3 Å². The third-order valence-electron chi connectivity index (χ3n) is 4.52. The van der Waals surface area contributed by atoms with Crippen LogP contribution >= 0.6 is 11.3 Å². The molecule has 9 heteroatoms. The van der Waals surface area contributed by atoms with Gasteiger partial charge >= 0.3 is 0 Å². The summed E-state index contributed by atoms with van der Waals surface area (Å²) in [5.41, 5.74) is 15.3. The second-order valence-electron chi connectivity index (χ2n) is 6.36. The lowest BCUT2D eigenvalue weighted by Crippen LogP contribution is -2.34. The molecular formula is C20H21N5O3S. The fraction of sp³-hybridized carbons (Fsp3) is 0.250. The van der Waals surface area contributed by atoms with Crippen LogP contribution in [0.15, 0.2) is 24.3 Å². The quantitative estimate of drug-likeness (QED) is 0.530. The number of hydrogen-bond acceptors (Lipinski definition) is 8. The van der Waals surface area contributed by atoms with Crippen LogP contribution in [0.1, 0.15) is 20.8 Å². The first-order valence-corrected chi connectivity index (χ1v) is 9.55. The zero-order valence-electron chi connectivity index (χ0n) is 16.3. The molecule has 2 aromatic heterocycles. The third-order valence-corrected chi connectivity index (χ3v) is 5.62. The van der Waals surface area contributed by atoms with Crippen LogP contribution in [-0.2, 0) is 9.47 Å². The summed E-state index contributed by atoms with van der Waals surface area (Å²) in [7, 11) is 2.97. The van der Waals surface area contributed by atoms with E-state index in [2.05, 4.69) is 16.4 Å². The van der Waals surface area contributed by atoms with Gasteiger partial charge in [0.15, 0.2) is 6.29 Å². The van der Waals surface area contributed by atoms with E-state index in [0.717, 1.165) is 22.5 Å². The SMILES string of the molecule is COC(CNC(=O)c1sc2nc(N)c(C#N)c(-c3ccc(C)cc3)c2c1N)OC. The van der Waals surface area contributed by atoms with Gasteiger partial charge in [0.2, 0.25) is 0 Å². The Balaban J connectivity index is 2.14. The van der Waals surface area contributed by atoms with Crippen molar-refractivity contribution in [2.45, 2.75) is 13.2 Å². The predicted octanol–water partition coefficient (Wildman–Crippen LogP) is 2.66. The topological polar surface area (TPSA) is 136 Å². The van der Waals surface area contributed by atoms with Crippen molar-refractivity contribution >= 4 is 39.0 Å². The van der Waals surface area contributed by atoms with Gasteiger partial charge in [0, 0.05) is 25.2 Å². The number of benzene rings is 1. The molecule has 0 atom stereocenters. The fourth-order valence-electron chi connectivity index (χ4n) is 2.98. The number of carbonyl (C=O) groups is 1. The zero-order valence-corrected chi connectivity index (χ0v) is 17.1. The first-order chi connectivity index (χ1) is 13.9. The molecule has 0 aliphatic carbocycles. The summed E-state index contributed by atoms with van der Waals surface area (Å²) in [4.78, 5) is 17.8. The normalized spacial score (nSPS) is 11.0. The Morgan fingerprint density at radius 2 is 1.93 bits per heavy atom. The van der Waals surface area contributed by atoms with E-state index in [9.17, 15) is 10.1 Å². The maximum atomic E-state index is 12.7. The second-order valence-corrected chi connectivity index (χ2v) is 7.36. The number of hydrogen-bond donors (Lipinski definition) is 3. The number of methoxy groups -OCH3 is 2.